The lowest BCUT2D eigenvalue weighted by atomic mass is 10.1. The lowest BCUT2D eigenvalue weighted by molar-refractivity contribution is 0.241. The molecule has 0 saturated heterocycles. The number of nitrogens with one attached hydrogen (secondary N) is 2. The zero-order valence-corrected chi connectivity index (χ0v) is 16.4. The fourth-order valence-corrected chi connectivity index (χ4v) is 3.74. The molecule has 2 amide bonds. The van der Waals surface area contributed by atoms with Gasteiger partial charge in [0.25, 0.3) is 0 Å². The number of aryl methyl sites for hydroxylation is 1. The largest absolute Gasteiger partial charge is 0.481 e. The average molecular weight is 394 g/mol. The number of amides is 2. The second kappa shape index (κ2) is 10.3. The number of thiazole rings is 1. The molecule has 6 heteroatoms. The summed E-state index contributed by atoms with van der Waals surface area (Å²) in [7, 11) is 0. The number of nitrogens with zero attached hydrogens (tertiary/aromatic N) is 1. The van der Waals surface area contributed by atoms with Crippen LogP contribution in [-0.4, -0.2) is 30.7 Å². The van der Waals surface area contributed by atoms with Gasteiger partial charge in [-0.2, -0.15) is 0 Å². The minimum absolute atomic E-state index is 0.140. The van der Waals surface area contributed by atoms with Gasteiger partial charge in [0.15, 0.2) is 0 Å². The van der Waals surface area contributed by atoms with Crippen LogP contribution in [0.4, 0.5) is 4.79 Å². The topological polar surface area (TPSA) is 63.2 Å². The molecule has 0 bridgehead atoms. The summed E-state index contributed by atoms with van der Waals surface area (Å²) < 4.78 is 6.54. The van der Waals surface area contributed by atoms with Crippen molar-refractivity contribution in [1.29, 1.82) is 0 Å². The summed E-state index contributed by atoms with van der Waals surface area (Å²) in [5.74, 6) is 3.18. The molecule has 1 heterocycles. The predicted molar refractivity (Wildman–Crippen MR) is 114 cm³/mol. The van der Waals surface area contributed by atoms with Gasteiger partial charge in [-0.25, -0.2) is 9.78 Å². The Balaban J connectivity index is 1.29. The van der Waals surface area contributed by atoms with Gasteiger partial charge in [0, 0.05) is 19.5 Å². The maximum absolute atomic E-state index is 11.9. The maximum atomic E-state index is 11.9. The lowest BCUT2D eigenvalue weighted by Crippen LogP contribution is -2.37. The van der Waals surface area contributed by atoms with Gasteiger partial charge in [0.05, 0.1) is 15.2 Å². The van der Waals surface area contributed by atoms with Crippen molar-refractivity contribution < 1.29 is 9.53 Å². The van der Waals surface area contributed by atoms with Gasteiger partial charge in [0.1, 0.15) is 12.4 Å². The SMILES string of the molecule is C#CCOc1ccc(CCNC(=O)NCCCc2nc3ccccc3s2)cc1. The Morgan fingerprint density at radius 3 is 2.64 bits per heavy atom. The van der Waals surface area contributed by atoms with Crippen molar-refractivity contribution in [2.24, 2.45) is 0 Å². The highest BCUT2D eigenvalue weighted by molar-refractivity contribution is 7.18. The Labute approximate surface area is 169 Å². The number of hydrogen-bond acceptors (Lipinski definition) is 4. The van der Waals surface area contributed by atoms with Crippen molar-refractivity contribution in [2.45, 2.75) is 19.3 Å². The first kappa shape index (κ1) is 19.7. The van der Waals surface area contributed by atoms with E-state index in [2.05, 4.69) is 27.6 Å². The second-order valence-corrected chi connectivity index (χ2v) is 7.36. The van der Waals surface area contributed by atoms with E-state index in [1.54, 1.807) is 11.3 Å². The fraction of sp³-hybridized carbons (Fsp3) is 0.273. The fourth-order valence-electron chi connectivity index (χ4n) is 2.73. The number of ether oxygens (including phenoxy) is 1. The highest BCUT2D eigenvalue weighted by Crippen LogP contribution is 2.22. The van der Waals surface area contributed by atoms with Gasteiger partial charge in [-0.05, 0) is 42.7 Å². The van der Waals surface area contributed by atoms with Crippen LogP contribution in [0, 0.1) is 12.3 Å². The molecule has 3 aromatic rings. The maximum Gasteiger partial charge on any atom is 0.314 e. The third kappa shape index (κ3) is 6.00. The number of carbonyl (C=O) groups excluding carboxylic acids is 1. The van der Waals surface area contributed by atoms with E-state index in [4.69, 9.17) is 11.2 Å². The van der Waals surface area contributed by atoms with E-state index < -0.39 is 0 Å². The Morgan fingerprint density at radius 2 is 1.86 bits per heavy atom. The van der Waals surface area contributed by atoms with Crippen molar-refractivity contribution in [2.75, 3.05) is 19.7 Å². The van der Waals surface area contributed by atoms with Gasteiger partial charge in [-0.1, -0.05) is 30.2 Å². The molecule has 0 aliphatic heterocycles. The highest BCUT2D eigenvalue weighted by atomic mass is 32.1. The number of carbonyl (C=O) groups is 1. The summed E-state index contributed by atoms with van der Waals surface area (Å²) in [6.45, 7) is 1.47. The summed E-state index contributed by atoms with van der Waals surface area (Å²) in [4.78, 5) is 16.5. The summed E-state index contributed by atoms with van der Waals surface area (Å²) in [5.41, 5.74) is 2.17. The molecule has 28 heavy (non-hydrogen) atoms. The molecule has 3 rings (SSSR count). The van der Waals surface area contributed by atoms with Crippen LogP contribution in [-0.2, 0) is 12.8 Å². The number of benzene rings is 2. The quantitative estimate of drug-likeness (QED) is 0.430. The molecule has 1 aromatic heterocycles. The number of terminal acetylenes is 1. The van der Waals surface area contributed by atoms with Crippen LogP contribution < -0.4 is 15.4 Å². The second-order valence-electron chi connectivity index (χ2n) is 6.25. The van der Waals surface area contributed by atoms with Crippen molar-refractivity contribution in [3.8, 4) is 18.1 Å². The number of hydrogen-bond donors (Lipinski definition) is 2. The molecule has 0 fully saturated rings. The average Bonchev–Trinajstić information content (AvgIpc) is 3.13. The monoisotopic (exact) mass is 393 g/mol. The number of para-hydroxylation sites is 1. The molecule has 0 aliphatic rings. The van der Waals surface area contributed by atoms with Crippen molar-refractivity contribution in [3.05, 3.63) is 59.1 Å². The van der Waals surface area contributed by atoms with Crippen LogP contribution in [0.2, 0.25) is 0 Å². The van der Waals surface area contributed by atoms with Crippen molar-refractivity contribution >= 4 is 27.6 Å². The van der Waals surface area contributed by atoms with Gasteiger partial charge in [0.2, 0.25) is 0 Å². The van der Waals surface area contributed by atoms with Crippen LogP contribution in [0.1, 0.15) is 17.0 Å². The highest BCUT2D eigenvalue weighted by Gasteiger charge is 2.04. The van der Waals surface area contributed by atoms with Crippen LogP contribution in [0.3, 0.4) is 0 Å². The van der Waals surface area contributed by atoms with Crippen LogP contribution >= 0.6 is 11.3 Å². The zero-order valence-electron chi connectivity index (χ0n) is 15.6. The van der Waals surface area contributed by atoms with Crippen LogP contribution in [0.5, 0.6) is 5.75 Å². The molecule has 2 N–H and O–H groups in total. The third-order valence-electron chi connectivity index (χ3n) is 4.14. The minimum atomic E-state index is -0.140. The van der Waals surface area contributed by atoms with Crippen molar-refractivity contribution in [3.63, 3.8) is 0 Å². The normalized spacial score (nSPS) is 10.4. The van der Waals surface area contributed by atoms with Gasteiger partial charge in [-0.3, -0.25) is 0 Å². The molecule has 5 nitrogen and oxygen atoms in total. The van der Waals surface area contributed by atoms with E-state index >= 15 is 0 Å². The number of urea groups is 1. The predicted octanol–water partition coefficient (Wildman–Crippen LogP) is 3.78. The summed E-state index contributed by atoms with van der Waals surface area (Å²) in [6, 6.07) is 15.7. The number of rotatable bonds is 9. The van der Waals surface area contributed by atoms with E-state index in [0.717, 1.165) is 41.1 Å². The Bertz CT molecular complexity index is 911. The van der Waals surface area contributed by atoms with Gasteiger partial charge >= 0.3 is 6.03 Å². The molecular weight excluding hydrogens is 370 g/mol. The van der Waals surface area contributed by atoms with Crippen LogP contribution in [0.15, 0.2) is 48.5 Å². The van der Waals surface area contributed by atoms with Gasteiger partial charge < -0.3 is 15.4 Å². The smallest absolute Gasteiger partial charge is 0.314 e. The first-order valence-electron chi connectivity index (χ1n) is 9.26. The number of fused-ring (bicyclic) bond motifs is 1. The summed E-state index contributed by atoms with van der Waals surface area (Å²) >= 11 is 1.71. The lowest BCUT2D eigenvalue weighted by Gasteiger charge is -2.08. The van der Waals surface area contributed by atoms with Crippen molar-refractivity contribution in [1.82, 2.24) is 15.6 Å². The molecule has 144 valence electrons. The van der Waals surface area contributed by atoms with Crippen LogP contribution in [0.25, 0.3) is 10.2 Å². The summed E-state index contributed by atoms with van der Waals surface area (Å²) in [5, 5.41) is 6.88. The molecular formula is C22H23N3O2S. The van der Waals surface area contributed by atoms with E-state index in [0.29, 0.717) is 13.1 Å². The molecule has 0 radical (unpaired) electrons. The van der Waals surface area contributed by atoms with E-state index in [1.165, 1.54) is 4.70 Å². The third-order valence-corrected chi connectivity index (χ3v) is 5.23. The minimum Gasteiger partial charge on any atom is -0.481 e. The molecule has 2 aromatic carbocycles. The van der Waals surface area contributed by atoms with E-state index in [1.807, 2.05) is 42.5 Å². The Kier molecular flexibility index (Phi) is 7.28. The van der Waals surface area contributed by atoms with E-state index in [-0.39, 0.29) is 12.6 Å². The van der Waals surface area contributed by atoms with Gasteiger partial charge in [-0.15, -0.1) is 17.8 Å². The standard InChI is InChI=1S/C22H23N3O2S/c1-2-16-27-18-11-9-17(10-12-18)13-15-24-22(26)23-14-5-8-21-25-19-6-3-4-7-20(19)28-21/h1,3-4,6-7,9-12H,5,8,13-16H2,(H2,23,24,26). The Hall–Kier alpha value is -3.04. The molecule has 0 unspecified atom stereocenters. The first-order chi connectivity index (χ1) is 13.7. The Morgan fingerprint density at radius 1 is 1.07 bits per heavy atom. The molecule has 0 atom stereocenters. The number of aromatic nitrogens is 1. The molecule has 0 aliphatic carbocycles. The summed E-state index contributed by atoms with van der Waals surface area (Å²) in [6.07, 6.45) is 7.66. The zero-order chi connectivity index (χ0) is 19.6. The first-order valence-corrected chi connectivity index (χ1v) is 10.1. The molecule has 0 saturated carbocycles. The van der Waals surface area contributed by atoms with E-state index in [9.17, 15) is 4.79 Å². The molecule has 0 spiro atoms.